The minimum Gasteiger partial charge on any atom is -0.469 e. The number of methoxy groups -OCH3 is 1. The van der Waals surface area contributed by atoms with Gasteiger partial charge in [0.2, 0.25) is 5.91 Å². The van der Waals surface area contributed by atoms with E-state index >= 15 is 0 Å². The van der Waals surface area contributed by atoms with Crippen LogP contribution in [-0.2, 0) is 14.3 Å². The van der Waals surface area contributed by atoms with Gasteiger partial charge in [-0.2, -0.15) is 0 Å². The van der Waals surface area contributed by atoms with Crippen LogP contribution in [0.4, 0.5) is 0 Å². The van der Waals surface area contributed by atoms with E-state index in [-0.39, 0.29) is 17.8 Å². The number of hydrogen-bond donors (Lipinski definition) is 0. The van der Waals surface area contributed by atoms with Crippen LogP contribution in [0.1, 0.15) is 18.4 Å². The lowest BCUT2D eigenvalue weighted by atomic mass is 9.97. The number of halogens is 2. The van der Waals surface area contributed by atoms with Gasteiger partial charge in [-0.15, -0.1) is 0 Å². The lowest BCUT2D eigenvalue weighted by Gasteiger charge is -2.29. The molecule has 1 fully saturated rings. The number of nitrogens with zero attached hydrogens (tertiary/aromatic N) is 1. The maximum Gasteiger partial charge on any atom is 0.308 e. The first-order valence-corrected chi connectivity index (χ1v) is 7.77. The van der Waals surface area contributed by atoms with Gasteiger partial charge in [0.25, 0.3) is 0 Å². The molecule has 1 aromatic rings. The molecule has 1 aliphatic heterocycles. The molecule has 2 rings (SSSR count). The number of likely N-dealkylation sites (tertiary alicyclic amines) is 1. The predicted molar refractivity (Wildman–Crippen MR) is 86.8 cm³/mol. The van der Waals surface area contributed by atoms with E-state index in [1.165, 1.54) is 13.2 Å². The average molecular weight is 342 g/mol. The third kappa shape index (κ3) is 4.02. The lowest BCUT2D eigenvalue weighted by Crippen LogP contribution is -2.39. The predicted octanol–water partition coefficient (Wildman–Crippen LogP) is 3.42. The van der Waals surface area contributed by atoms with Gasteiger partial charge in [0.1, 0.15) is 0 Å². The van der Waals surface area contributed by atoms with Crippen LogP contribution in [0.25, 0.3) is 6.08 Å². The third-order valence-corrected chi connectivity index (χ3v) is 4.39. The second kappa shape index (κ2) is 7.65. The zero-order chi connectivity index (χ0) is 16.1. The molecule has 0 unspecified atom stereocenters. The fourth-order valence-electron chi connectivity index (χ4n) is 2.43. The summed E-state index contributed by atoms with van der Waals surface area (Å²) in [5, 5.41) is 1.00. The molecule has 0 aromatic heterocycles. The molecule has 118 valence electrons. The van der Waals surface area contributed by atoms with Gasteiger partial charge in [-0.1, -0.05) is 29.3 Å². The Balaban J connectivity index is 1.96. The molecular formula is C16H17Cl2NO3. The summed E-state index contributed by atoms with van der Waals surface area (Å²) in [4.78, 5) is 25.3. The number of rotatable bonds is 3. The highest BCUT2D eigenvalue weighted by Gasteiger charge is 2.26. The van der Waals surface area contributed by atoms with Crippen molar-refractivity contribution >= 4 is 41.2 Å². The van der Waals surface area contributed by atoms with Gasteiger partial charge >= 0.3 is 5.97 Å². The monoisotopic (exact) mass is 341 g/mol. The van der Waals surface area contributed by atoms with E-state index in [1.54, 1.807) is 29.2 Å². The number of benzene rings is 1. The van der Waals surface area contributed by atoms with Gasteiger partial charge in [-0.25, -0.2) is 0 Å². The first-order valence-electron chi connectivity index (χ1n) is 7.01. The topological polar surface area (TPSA) is 46.6 Å². The van der Waals surface area contributed by atoms with E-state index in [2.05, 4.69) is 0 Å². The Morgan fingerprint density at radius 1 is 1.23 bits per heavy atom. The van der Waals surface area contributed by atoms with Crippen molar-refractivity contribution in [1.82, 2.24) is 4.90 Å². The highest BCUT2D eigenvalue weighted by Crippen LogP contribution is 2.26. The number of carbonyl (C=O) groups excluding carboxylic acids is 2. The Kier molecular flexibility index (Phi) is 5.86. The number of piperidine rings is 1. The van der Waals surface area contributed by atoms with Crippen molar-refractivity contribution < 1.29 is 14.3 Å². The van der Waals surface area contributed by atoms with Crippen LogP contribution in [0.15, 0.2) is 24.3 Å². The molecule has 1 saturated heterocycles. The molecule has 0 bridgehead atoms. The highest BCUT2D eigenvalue weighted by molar-refractivity contribution is 6.37. The summed E-state index contributed by atoms with van der Waals surface area (Å²) < 4.78 is 4.73. The fourth-order valence-corrected chi connectivity index (χ4v) is 2.96. The minimum atomic E-state index is -0.203. The van der Waals surface area contributed by atoms with Gasteiger partial charge in [-0.05, 0) is 31.1 Å². The highest BCUT2D eigenvalue weighted by atomic mass is 35.5. The summed E-state index contributed by atoms with van der Waals surface area (Å²) in [5.41, 5.74) is 0.628. The minimum absolute atomic E-state index is 0.112. The van der Waals surface area contributed by atoms with Crippen LogP contribution in [0.2, 0.25) is 10.0 Å². The Bertz CT molecular complexity index is 573. The SMILES string of the molecule is COC(=O)C1CCN(C(=O)C=Cc2c(Cl)cccc2Cl)CC1. The summed E-state index contributed by atoms with van der Waals surface area (Å²) in [5.74, 6) is -0.430. The number of esters is 1. The molecule has 0 aliphatic carbocycles. The average Bonchev–Trinajstić information content (AvgIpc) is 2.53. The van der Waals surface area contributed by atoms with Gasteiger partial charge < -0.3 is 9.64 Å². The van der Waals surface area contributed by atoms with E-state index in [1.807, 2.05) is 0 Å². The summed E-state index contributed by atoms with van der Waals surface area (Å²) in [6.07, 6.45) is 4.34. The molecular weight excluding hydrogens is 325 g/mol. The van der Waals surface area contributed by atoms with Crippen molar-refractivity contribution in [3.05, 3.63) is 39.9 Å². The second-order valence-electron chi connectivity index (χ2n) is 5.09. The summed E-state index contributed by atoms with van der Waals surface area (Å²) >= 11 is 12.1. The Morgan fingerprint density at radius 3 is 2.36 bits per heavy atom. The van der Waals surface area contributed by atoms with Gasteiger partial charge in [0, 0.05) is 34.8 Å². The summed E-state index contributed by atoms with van der Waals surface area (Å²) in [7, 11) is 1.38. The smallest absolute Gasteiger partial charge is 0.308 e. The van der Waals surface area contributed by atoms with E-state index in [0.29, 0.717) is 41.5 Å². The number of hydrogen-bond acceptors (Lipinski definition) is 3. The molecule has 1 amide bonds. The summed E-state index contributed by atoms with van der Waals surface area (Å²) in [6, 6.07) is 5.19. The number of amides is 1. The van der Waals surface area contributed by atoms with Crippen LogP contribution in [0, 0.1) is 5.92 Å². The van der Waals surface area contributed by atoms with Crippen LogP contribution < -0.4 is 0 Å². The molecule has 0 N–H and O–H groups in total. The Hall–Kier alpha value is -1.52. The van der Waals surface area contributed by atoms with Crippen molar-refractivity contribution in [3.8, 4) is 0 Å². The Morgan fingerprint density at radius 2 is 1.82 bits per heavy atom. The molecule has 0 radical (unpaired) electrons. The van der Waals surface area contributed by atoms with Gasteiger partial charge in [0.15, 0.2) is 0 Å². The van der Waals surface area contributed by atoms with E-state index in [9.17, 15) is 9.59 Å². The summed E-state index contributed by atoms with van der Waals surface area (Å²) in [6.45, 7) is 1.08. The molecule has 6 heteroatoms. The van der Waals surface area contributed by atoms with E-state index in [4.69, 9.17) is 27.9 Å². The zero-order valence-electron chi connectivity index (χ0n) is 12.2. The molecule has 1 aliphatic rings. The second-order valence-corrected chi connectivity index (χ2v) is 5.91. The molecule has 0 spiro atoms. The number of ether oxygens (including phenoxy) is 1. The van der Waals surface area contributed by atoms with Crippen LogP contribution >= 0.6 is 23.2 Å². The van der Waals surface area contributed by atoms with Crippen molar-refractivity contribution in [3.63, 3.8) is 0 Å². The number of carbonyl (C=O) groups is 2. The maximum absolute atomic E-state index is 12.2. The third-order valence-electron chi connectivity index (χ3n) is 3.73. The molecule has 22 heavy (non-hydrogen) atoms. The molecule has 4 nitrogen and oxygen atoms in total. The van der Waals surface area contributed by atoms with Crippen molar-refractivity contribution in [1.29, 1.82) is 0 Å². The molecule has 1 aromatic carbocycles. The largest absolute Gasteiger partial charge is 0.469 e. The van der Waals surface area contributed by atoms with Crippen LogP contribution in [0.5, 0.6) is 0 Å². The molecule has 1 heterocycles. The van der Waals surface area contributed by atoms with Crippen LogP contribution in [-0.4, -0.2) is 37.0 Å². The van der Waals surface area contributed by atoms with Gasteiger partial charge in [0.05, 0.1) is 13.0 Å². The fraction of sp³-hybridized carbons (Fsp3) is 0.375. The standard InChI is InChI=1S/C16H17Cl2NO3/c1-22-16(21)11-7-9-19(10-8-11)15(20)6-5-12-13(17)3-2-4-14(12)18/h2-6,11H,7-10H2,1H3. The normalized spacial score (nSPS) is 16.0. The zero-order valence-corrected chi connectivity index (χ0v) is 13.7. The first-order chi connectivity index (χ1) is 10.5. The first kappa shape index (κ1) is 16.8. The quantitative estimate of drug-likeness (QED) is 0.625. The van der Waals surface area contributed by atoms with Crippen molar-refractivity contribution in [2.75, 3.05) is 20.2 Å². The maximum atomic E-state index is 12.2. The molecule has 0 atom stereocenters. The van der Waals surface area contributed by atoms with E-state index < -0.39 is 0 Å². The van der Waals surface area contributed by atoms with Crippen LogP contribution in [0.3, 0.4) is 0 Å². The van der Waals surface area contributed by atoms with Crippen molar-refractivity contribution in [2.45, 2.75) is 12.8 Å². The van der Waals surface area contributed by atoms with E-state index in [0.717, 1.165) is 0 Å². The van der Waals surface area contributed by atoms with Gasteiger partial charge in [-0.3, -0.25) is 9.59 Å². The molecule has 0 saturated carbocycles. The van der Waals surface area contributed by atoms with Crippen molar-refractivity contribution in [2.24, 2.45) is 5.92 Å². The Labute approximate surface area is 139 Å². The lowest BCUT2D eigenvalue weighted by molar-refractivity contribution is -0.148.